The Labute approximate surface area is 138 Å². The van der Waals surface area contributed by atoms with Gasteiger partial charge in [-0.15, -0.1) is 0 Å². The molecule has 0 aromatic heterocycles. The summed E-state index contributed by atoms with van der Waals surface area (Å²) in [6, 6.07) is 12.9. The molecule has 0 fully saturated rings. The van der Waals surface area contributed by atoms with Gasteiger partial charge >= 0.3 is 0 Å². The Hall–Kier alpha value is -2.07. The van der Waals surface area contributed by atoms with E-state index in [-0.39, 0.29) is 5.78 Å². The summed E-state index contributed by atoms with van der Waals surface area (Å²) in [6.45, 7) is 2.47. The SMILES string of the molecule is CCOc1c(Br)cc(C=CC(=O)c2ccccc2)cc1OC. The van der Waals surface area contributed by atoms with Gasteiger partial charge in [0.2, 0.25) is 0 Å². The van der Waals surface area contributed by atoms with Crippen molar-refractivity contribution in [2.24, 2.45) is 0 Å². The predicted molar refractivity (Wildman–Crippen MR) is 91.7 cm³/mol. The summed E-state index contributed by atoms with van der Waals surface area (Å²) >= 11 is 3.47. The minimum Gasteiger partial charge on any atom is -0.493 e. The maximum atomic E-state index is 12.1. The van der Waals surface area contributed by atoms with Crippen molar-refractivity contribution in [3.05, 3.63) is 64.1 Å². The summed E-state index contributed by atoms with van der Waals surface area (Å²) < 4.78 is 11.7. The third-order valence-corrected chi connectivity index (χ3v) is 3.61. The monoisotopic (exact) mass is 360 g/mol. The van der Waals surface area contributed by atoms with Gasteiger partial charge in [0.15, 0.2) is 17.3 Å². The zero-order chi connectivity index (χ0) is 15.9. The molecule has 0 N–H and O–H groups in total. The standard InChI is InChI=1S/C18H17BrO3/c1-3-22-18-15(19)11-13(12-17(18)21-2)9-10-16(20)14-7-5-4-6-8-14/h4-12H,3H2,1-2H3. The summed E-state index contributed by atoms with van der Waals surface area (Å²) in [5.41, 5.74) is 1.52. The average molecular weight is 361 g/mol. The summed E-state index contributed by atoms with van der Waals surface area (Å²) in [4.78, 5) is 12.1. The Morgan fingerprint density at radius 3 is 2.59 bits per heavy atom. The molecule has 0 amide bonds. The summed E-state index contributed by atoms with van der Waals surface area (Å²) in [5, 5.41) is 0. The van der Waals surface area contributed by atoms with E-state index >= 15 is 0 Å². The quantitative estimate of drug-likeness (QED) is 0.550. The van der Waals surface area contributed by atoms with E-state index in [0.717, 1.165) is 10.0 Å². The van der Waals surface area contributed by atoms with E-state index < -0.39 is 0 Å². The van der Waals surface area contributed by atoms with Crippen molar-refractivity contribution in [3.8, 4) is 11.5 Å². The molecule has 0 radical (unpaired) electrons. The number of benzene rings is 2. The minimum atomic E-state index is -0.0374. The second-order valence-electron chi connectivity index (χ2n) is 4.53. The highest BCUT2D eigenvalue weighted by Crippen LogP contribution is 2.37. The van der Waals surface area contributed by atoms with Crippen LogP contribution in [0, 0.1) is 0 Å². The van der Waals surface area contributed by atoms with Crippen molar-refractivity contribution in [1.82, 2.24) is 0 Å². The Kier molecular flexibility index (Phi) is 5.78. The van der Waals surface area contributed by atoms with Gasteiger partial charge in [-0.05, 0) is 46.6 Å². The molecule has 0 unspecified atom stereocenters. The van der Waals surface area contributed by atoms with Crippen LogP contribution in [-0.4, -0.2) is 19.5 Å². The van der Waals surface area contributed by atoms with E-state index in [1.165, 1.54) is 0 Å². The number of halogens is 1. The lowest BCUT2D eigenvalue weighted by atomic mass is 10.1. The van der Waals surface area contributed by atoms with E-state index in [1.807, 2.05) is 37.3 Å². The lowest BCUT2D eigenvalue weighted by Crippen LogP contribution is -1.97. The van der Waals surface area contributed by atoms with Crippen molar-refractivity contribution in [3.63, 3.8) is 0 Å². The zero-order valence-electron chi connectivity index (χ0n) is 12.5. The normalized spacial score (nSPS) is 10.7. The molecule has 2 aromatic carbocycles. The summed E-state index contributed by atoms with van der Waals surface area (Å²) in [5.74, 6) is 1.25. The van der Waals surface area contributed by atoms with Gasteiger partial charge in [0, 0.05) is 5.56 Å². The van der Waals surface area contributed by atoms with Crippen LogP contribution in [0.5, 0.6) is 11.5 Å². The largest absolute Gasteiger partial charge is 0.493 e. The number of ketones is 1. The Balaban J connectivity index is 2.24. The fourth-order valence-electron chi connectivity index (χ4n) is 1.99. The zero-order valence-corrected chi connectivity index (χ0v) is 14.1. The molecule has 3 nitrogen and oxygen atoms in total. The first-order chi connectivity index (χ1) is 10.7. The second kappa shape index (κ2) is 7.80. The van der Waals surface area contributed by atoms with Gasteiger partial charge in [0.1, 0.15) is 0 Å². The van der Waals surface area contributed by atoms with Crippen molar-refractivity contribution < 1.29 is 14.3 Å². The molecule has 0 heterocycles. The molecular weight excluding hydrogens is 344 g/mol. The Bertz CT molecular complexity index is 678. The Morgan fingerprint density at radius 1 is 1.23 bits per heavy atom. The van der Waals surface area contributed by atoms with E-state index in [2.05, 4.69) is 15.9 Å². The highest BCUT2D eigenvalue weighted by atomic mass is 79.9. The highest BCUT2D eigenvalue weighted by Gasteiger charge is 2.10. The van der Waals surface area contributed by atoms with E-state index in [9.17, 15) is 4.79 Å². The Morgan fingerprint density at radius 2 is 1.95 bits per heavy atom. The van der Waals surface area contributed by atoms with Crippen LogP contribution in [0.1, 0.15) is 22.8 Å². The first-order valence-electron chi connectivity index (χ1n) is 6.93. The molecule has 0 aliphatic heterocycles. The average Bonchev–Trinajstić information content (AvgIpc) is 2.55. The molecule has 0 spiro atoms. The number of ether oxygens (including phenoxy) is 2. The second-order valence-corrected chi connectivity index (χ2v) is 5.39. The topological polar surface area (TPSA) is 35.5 Å². The van der Waals surface area contributed by atoms with Crippen LogP contribution < -0.4 is 9.47 Å². The van der Waals surface area contributed by atoms with Crippen LogP contribution in [0.2, 0.25) is 0 Å². The molecule has 4 heteroatoms. The number of allylic oxidation sites excluding steroid dienone is 1. The first-order valence-corrected chi connectivity index (χ1v) is 7.72. The molecule has 2 aromatic rings. The lowest BCUT2D eigenvalue weighted by Gasteiger charge is -2.12. The van der Waals surface area contributed by atoms with Crippen LogP contribution in [-0.2, 0) is 0 Å². The van der Waals surface area contributed by atoms with Crippen LogP contribution >= 0.6 is 15.9 Å². The van der Waals surface area contributed by atoms with E-state index in [4.69, 9.17) is 9.47 Å². The van der Waals surface area contributed by atoms with Gasteiger partial charge in [-0.25, -0.2) is 0 Å². The van der Waals surface area contributed by atoms with Gasteiger partial charge in [0.25, 0.3) is 0 Å². The third-order valence-electron chi connectivity index (χ3n) is 3.03. The number of carbonyl (C=O) groups is 1. The van der Waals surface area contributed by atoms with Crippen molar-refractivity contribution in [2.75, 3.05) is 13.7 Å². The number of carbonyl (C=O) groups excluding carboxylic acids is 1. The smallest absolute Gasteiger partial charge is 0.185 e. The molecule has 0 aliphatic rings. The van der Waals surface area contributed by atoms with Crippen molar-refractivity contribution in [1.29, 1.82) is 0 Å². The van der Waals surface area contributed by atoms with Gasteiger partial charge in [-0.3, -0.25) is 4.79 Å². The molecular formula is C18H17BrO3. The van der Waals surface area contributed by atoms with Crippen LogP contribution in [0.15, 0.2) is 53.0 Å². The maximum Gasteiger partial charge on any atom is 0.185 e. The molecule has 114 valence electrons. The fraction of sp³-hybridized carbons (Fsp3) is 0.167. The van der Waals surface area contributed by atoms with Gasteiger partial charge in [0.05, 0.1) is 18.2 Å². The maximum absolute atomic E-state index is 12.1. The van der Waals surface area contributed by atoms with Crippen LogP contribution in [0.25, 0.3) is 6.08 Å². The number of methoxy groups -OCH3 is 1. The summed E-state index contributed by atoms with van der Waals surface area (Å²) in [6.07, 6.45) is 3.31. The molecule has 0 saturated carbocycles. The van der Waals surface area contributed by atoms with E-state index in [0.29, 0.717) is 23.7 Å². The summed E-state index contributed by atoms with van der Waals surface area (Å²) in [7, 11) is 1.59. The molecule has 2 rings (SSSR count). The molecule has 0 bridgehead atoms. The number of hydrogen-bond acceptors (Lipinski definition) is 3. The van der Waals surface area contributed by atoms with Gasteiger partial charge in [-0.2, -0.15) is 0 Å². The molecule has 0 saturated heterocycles. The minimum absolute atomic E-state index is 0.0374. The van der Waals surface area contributed by atoms with Crippen molar-refractivity contribution >= 4 is 27.8 Å². The van der Waals surface area contributed by atoms with Crippen molar-refractivity contribution in [2.45, 2.75) is 6.92 Å². The third kappa shape index (κ3) is 3.98. The fourth-order valence-corrected chi connectivity index (χ4v) is 2.57. The first kappa shape index (κ1) is 16.3. The van der Waals surface area contributed by atoms with Gasteiger partial charge in [-0.1, -0.05) is 36.4 Å². The molecule has 0 aliphatic carbocycles. The molecule has 22 heavy (non-hydrogen) atoms. The predicted octanol–water partition coefficient (Wildman–Crippen LogP) is 4.75. The van der Waals surface area contributed by atoms with Gasteiger partial charge < -0.3 is 9.47 Å². The van der Waals surface area contributed by atoms with Crippen LogP contribution in [0.4, 0.5) is 0 Å². The van der Waals surface area contributed by atoms with E-state index in [1.54, 1.807) is 31.4 Å². The van der Waals surface area contributed by atoms with Crippen LogP contribution in [0.3, 0.4) is 0 Å². The lowest BCUT2D eigenvalue weighted by molar-refractivity contribution is 0.104. The molecule has 0 atom stereocenters. The number of rotatable bonds is 6. The highest BCUT2D eigenvalue weighted by molar-refractivity contribution is 9.10. The number of hydrogen-bond donors (Lipinski definition) is 0.